The molecule has 760 valence electrons. The average molecular weight is 2300 g/mol. The Morgan fingerprint density at radius 2 is 0.822 bits per heavy atom. The Bertz CT molecular complexity index is 6640. The first-order valence-corrected chi connectivity index (χ1v) is 53.7. The second kappa shape index (κ2) is 56.9. The van der Waals surface area contributed by atoms with Gasteiger partial charge in [-0.1, -0.05) is 30.6 Å². The van der Waals surface area contributed by atoms with Crippen molar-refractivity contribution in [2.75, 3.05) is 86.0 Å². The third-order valence-electron chi connectivity index (χ3n) is 13.2. The number of fused-ring (bicyclic) bond motifs is 1. The maximum atomic E-state index is 12.0. The molecule has 2 heterocycles. The number of nitro groups is 3. The van der Waals surface area contributed by atoms with Gasteiger partial charge in [0.1, 0.15) is 58.1 Å². The molecule has 2 aliphatic rings. The number of carboxylic acid groups (broad SMARTS) is 1. The Labute approximate surface area is 809 Å². The molecule has 25 N–H and O–H groups in total. The Kier molecular flexibility index (Phi) is 56.0. The van der Waals surface area contributed by atoms with E-state index < -0.39 is 185 Å². The van der Waals surface area contributed by atoms with Crippen LogP contribution >= 0.6 is 45.5 Å². The number of amidine groups is 1. The number of anilines is 9. The van der Waals surface area contributed by atoms with Gasteiger partial charge in [0.05, 0.1) is 91.1 Å². The van der Waals surface area contributed by atoms with E-state index in [-0.39, 0.29) is 135 Å². The maximum Gasteiger partial charge on any atom is 0.311 e. The zero-order valence-electron chi connectivity index (χ0n) is 69.6. The van der Waals surface area contributed by atoms with Gasteiger partial charge >= 0.3 is 5.97 Å². The first-order chi connectivity index (χ1) is 59.5. The van der Waals surface area contributed by atoms with Gasteiger partial charge < -0.3 is 50.8 Å². The molecule has 1 amide bonds. The summed E-state index contributed by atoms with van der Waals surface area (Å²) in [6.07, 6.45) is 5.11. The van der Waals surface area contributed by atoms with Gasteiger partial charge in [-0.25, -0.2) is 101 Å². The van der Waals surface area contributed by atoms with Crippen molar-refractivity contribution in [3.63, 3.8) is 0 Å². The van der Waals surface area contributed by atoms with Crippen LogP contribution in [0.1, 0.15) is 53.4 Å². The zero-order valence-corrected chi connectivity index (χ0v) is 83.1. The number of rotatable bonds is 22. The van der Waals surface area contributed by atoms with Gasteiger partial charge in [0, 0.05) is 103 Å². The number of nitrogen functional groups attached to an aromatic ring is 4. The number of aliphatic carboxylic acids is 1. The third-order valence-corrected chi connectivity index (χ3v) is 23.1. The Hall–Kier alpha value is -10.5. The average Bonchev–Trinajstić information content (AvgIpc) is 1.03. The summed E-state index contributed by atoms with van der Waals surface area (Å²) in [5.41, 5.74) is 20.6. The molecule has 2 aliphatic heterocycles. The monoisotopic (exact) mass is 2300 g/mol. The summed E-state index contributed by atoms with van der Waals surface area (Å²) in [5, 5.41) is 67.8. The van der Waals surface area contributed by atoms with Crippen LogP contribution in [0.5, 0.6) is 0 Å². The van der Waals surface area contributed by atoms with E-state index in [1.54, 1.807) is 0 Å². The molecule has 0 spiro atoms. The molecule has 1 saturated heterocycles. The molecule has 0 aliphatic carbocycles. The topological polar surface area (TPSA) is 947 Å². The molecule has 9 rings (SSSR count). The maximum absolute atomic E-state index is 12.0. The number of nitro benzene ring substituents is 3. The van der Waals surface area contributed by atoms with E-state index in [2.05, 4.69) is 53.0 Å². The number of hydrogen-bond donors (Lipinski definition) is 16. The standard InChI is InChI=1S/C11H15N3O6S2.C10H11N3O6S2.C7H11N3O4S2.C6H5ClN2O4S.C6H4ClNO5S.C6H7N3O4S.C6H9N3O2S.C4H5ClO2.C4H8O.C2H4.CH3ClO2S.CH4.CH3.Pd/c1-7(15)5-11(16)13-9-4-3-8(14-21(2,17)18)6-10(9)22(12,19)20;1-20(16,17)12-6-2-3-7-8(4-6)21(18,19)13-9(11-7)5-10(14)15;1-15(11,12)10-5-2-3-6(8)7(4-5)16(9,13)14;7-5-2-1-4(9(10)11)3-6(5)14(8,12)13;7-5-2-1-4(8(9)10)3-6(5)14(11,12)13;7-5-2-1-4(9(10)11)3-6(5)14(8,12)13;7-4-1-2-5(8)6(3-4)12(9,10)11;1-3(6)2-4(5)7;1-2-4-5-3-1;1-2;1-5(2,3)4;;;/h3-4,6,14H,5H2,1-2H3,(H,13,16)(H2,12,19,20);2-4,12H,5H2,1H3,(H,11,13)(H,14,15);2-4,10H,8H2,1H3,(H2,9,13,14);1-3H,(H2,8,12,13);1-3H,(H,11,12,13);1-3H,7H2,(H2,8,12,13);1-3H,7-8H2,(H2,9,10,11);2H2,1H3;1-4H2;1-2H2;1H3;1H4;1H3;/q;;;;;;;;;;;;-1;. The molecular formula is C65H89Cl4N18O36PdS11-. The van der Waals surface area contributed by atoms with E-state index in [1.165, 1.54) is 81.3 Å². The number of benzene rings is 7. The normalized spacial score (nSPS) is 12.2. The number of nitrogens with two attached hydrogens (primary N) is 9. The summed E-state index contributed by atoms with van der Waals surface area (Å²) in [5.74, 6) is -2.74. The minimum atomic E-state index is -4.53. The fraction of sp³-hybridized carbons (Fsp3) is 0.215. The van der Waals surface area contributed by atoms with Crippen molar-refractivity contribution in [3.05, 3.63) is 188 Å². The van der Waals surface area contributed by atoms with Crippen LogP contribution in [0.4, 0.5) is 68.2 Å². The second-order valence-corrected chi connectivity index (χ2v) is 45.0. The molecule has 54 nitrogen and oxygen atoms in total. The molecular weight excluding hydrogens is 2210 g/mol. The van der Waals surface area contributed by atoms with Crippen molar-refractivity contribution < 1.29 is 166 Å². The number of carbonyl (C=O) groups excluding carboxylic acids is 4. The van der Waals surface area contributed by atoms with Crippen molar-refractivity contribution in [2.24, 2.45) is 30.1 Å². The minimum Gasteiger partial charge on any atom is -0.481 e. The van der Waals surface area contributed by atoms with Gasteiger partial charge in [-0.3, -0.25) is 73.0 Å². The zero-order chi connectivity index (χ0) is 104. The number of ether oxygens (including phenoxy) is 1. The van der Waals surface area contributed by atoms with Gasteiger partial charge in [0.2, 0.25) is 100 Å². The van der Waals surface area contributed by atoms with Crippen LogP contribution in [0.15, 0.2) is 179 Å². The van der Waals surface area contributed by atoms with Gasteiger partial charge in [-0.05, 0) is 129 Å². The number of nitrogens with zero attached hydrogens (tertiary/aromatic N) is 4. The van der Waals surface area contributed by atoms with Crippen molar-refractivity contribution in [2.45, 2.75) is 87.6 Å². The summed E-state index contributed by atoms with van der Waals surface area (Å²) in [7, 11) is -37.9. The molecule has 1 fully saturated rings. The van der Waals surface area contributed by atoms with Crippen molar-refractivity contribution in [3.8, 4) is 0 Å². The minimum absolute atomic E-state index is 0. The molecule has 70 heteroatoms. The number of Topliss-reactive ketones (excluding diaryl/α,β-unsaturated/α-hetero) is 2. The number of nitrogens with one attached hydrogen (secondary N) is 5. The summed E-state index contributed by atoms with van der Waals surface area (Å²) >= 11 is 15.7. The van der Waals surface area contributed by atoms with Crippen LogP contribution in [0.25, 0.3) is 0 Å². The summed E-state index contributed by atoms with van der Waals surface area (Å²) in [4.78, 5) is 78.7. The van der Waals surface area contributed by atoms with Crippen LogP contribution in [0, 0.1) is 37.8 Å². The molecule has 0 saturated carbocycles. The Morgan fingerprint density at radius 3 is 1.15 bits per heavy atom. The number of sulfonamides is 9. The van der Waals surface area contributed by atoms with Crippen LogP contribution in [0.3, 0.4) is 0 Å². The molecule has 0 bridgehead atoms. The van der Waals surface area contributed by atoms with Gasteiger partial charge in [-0.15, -0.1) is 17.6 Å². The van der Waals surface area contributed by atoms with Crippen molar-refractivity contribution >= 4 is 258 Å². The van der Waals surface area contributed by atoms with Crippen LogP contribution in [0.2, 0.25) is 10.0 Å². The van der Waals surface area contributed by atoms with E-state index in [0.717, 1.165) is 105 Å². The van der Waals surface area contributed by atoms with E-state index in [9.17, 15) is 147 Å². The predicted octanol–water partition coefficient (Wildman–Crippen LogP) is 4.27. The number of non-ortho nitro benzene ring substituents is 3. The van der Waals surface area contributed by atoms with E-state index in [4.69, 9.17) is 97.8 Å². The number of primary sulfonamides is 5. The first kappa shape index (κ1) is 133. The molecule has 0 aromatic heterocycles. The van der Waals surface area contributed by atoms with Crippen molar-refractivity contribution in [1.29, 1.82) is 0 Å². The van der Waals surface area contributed by atoms with E-state index >= 15 is 0 Å². The predicted molar refractivity (Wildman–Crippen MR) is 501 cm³/mol. The summed E-state index contributed by atoms with van der Waals surface area (Å²) in [6.45, 7) is 10.5. The third kappa shape index (κ3) is 56.6. The number of halogens is 4. The SMILES string of the molecule is C.C1CCOC1.C=C.CC(=O)CC(=O)Cl.CC(=O)CC(=O)Nc1ccc(NS(C)(=O)=O)cc1S(N)(=O)=O.CS(=O)(=O)Cl.CS(=O)(=O)Nc1ccc(N)c(S(N)(=O)=O)c1.CS(=O)(=O)Nc1ccc2c(c1)S(=O)(=O)N=C(CC(=O)O)N2.NS(=O)(=O)c1cc([N+](=O)[O-])ccc1Cl.Nc1ccc(N)c(S(N)(=O)=O)c1.Nc1ccc([N+](=O)[O-])cc1S(N)(=O)=O.O=[N+]([O-])c1ccc(Cl)c(S(=O)(=O)O)c1.[CH3-].[Pd]. The molecule has 7 aromatic carbocycles. The number of carboxylic acids is 1. The first-order valence-electron chi connectivity index (χ1n) is 33.6. The largest absolute Gasteiger partial charge is 0.481 e. The van der Waals surface area contributed by atoms with Gasteiger partial charge in [0.15, 0.2) is 0 Å². The van der Waals surface area contributed by atoms with E-state index in [1.807, 2.05) is 0 Å². The quantitative estimate of drug-likeness (QED) is 0.00518. The van der Waals surface area contributed by atoms with Gasteiger partial charge in [0.25, 0.3) is 37.2 Å². The molecule has 135 heavy (non-hydrogen) atoms. The molecule has 0 radical (unpaired) electrons. The number of amides is 1. The fourth-order valence-corrected chi connectivity index (χ4v) is 16.2. The molecule has 7 aromatic rings. The van der Waals surface area contributed by atoms with Gasteiger partial charge in [-0.2, -0.15) is 16.8 Å². The second-order valence-electron chi connectivity index (χ2n) is 24.9. The number of hydrogen-bond acceptors (Lipinski definition) is 39. The van der Waals surface area contributed by atoms with Crippen molar-refractivity contribution in [1.82, 2.24) is 0 Å². The van der Waals surface area contributed by atoms with E-state index in [0.29, 0.717) is 11.8 Å². The number of carbonyl (C=O) groups is 5. The number of ketones is 2. The smallest absolute Gasteiger partial charge is 0.311 e. The summed E-state index contributed by atoms with van der Waals surface area (Å²) < 4.78 is 264. The van der Waals surface area contributed by atoms with Crippen LogP contribution < -0.4 is 73.4 Å². The Morgan fingerprint density at radius 1 is 0.504 bits per heavy atom. The van der Waals surface area contributed by atoms with Crippen LogP contribution in [-0.4, -0.2) is 190 Å². The Balaban J connectivity index is -0.000000473. The fourth-order valence-electron chi connectivity index (χ4n) is 8.34. The van der Waals surface area contributed by atoms with Crippen LogP contribution in [-0.2, 0) is 159 Å². The molecule has 0 atom stereocenters. The summed E-state index contributed by atoms with van der Waals surface area (Å²) in [6, 6.07) is 23.8. The molecule has 0 unspecified atom stereocenters.